The number of nitrogens with two attached hydrogens (primary N) is 1. The Kier molecular flexibility index (Phi) is 3.66. The fourth-order valence-electron chi connectivity index (χ4n) is 1.44. The molecule has 0 saturated carbocycles. The Morgan fingerprint density at radius 2 is 2.22 bits per heavy atom. The Labute approximate surface area is 106 Å². The highest BCUT2D eigenvalue weighted by atomic mass is 16.5. The molecule has 0 amide bonds. The number of nitrogens with zero attached hydrogens (tertiary/aromatic N) is 2. The van der Waals surface area contributed by atoms with Crippen LogP contribution in [0.4, 0.5) is 11.5 Å². The molecule has 2 aromatic rings. The second-order valence-electron chi connectivity index (χ2n) is 4.19. The van der Waals surface area contributed by atoms with E-state index in [0.29, 0.717) is 18.1 Å². The molecule has 18 heavy (non-hydrogen) atoms. The summed E-state index contributed by atoms with van der Waals surface area (Å²) in [6.07, 6.45) is 1.75. The van der Waals surface area contributed by atoms with E-state index >= 15 is 0 Å². The Bertz CT molecular complexity index is 495. The van der Waals surface area contributed by atoms with Crippen LogP contribution in [-0.2, 0) is 6.54 Å². The highest BCUT2D eigenvalue weighted by molar-refractivity contribution is 5.53. The van der Waals surface area contributed by atoms with Crippen LogP contribution in [-0.4, -0.2) is 21.3 Å². The van der Waals surface area contributed by atoms with Crippen molar-refractivity contribution in [1.29, 1.82) is 0 Å². The quantitative estimate of drug-likeness (QED) is 0.749. The van der Waals surface area contributed by atoms with Crippen molar-refractivity contribution < 1.29 is 4.74 Å². The molecule has 6 heteroatoms. The van der Waals surface area contributed by atoms with E-state index in [-0.39, 0.29) is 6.10 Å². The van der Waals surface area contributed by atoms with E-state index in [4.69, 9.17) is 10.5 Å². The third-order valence-corrected chi connectivity index (χ3v) is 2.26. The van der Waals surface area contributed by atoms with Crippen molar-refractivity contribution >= 4 is 11.5 Å². The first kappa shape index (κ1) is 12.2. The van der Waals surface area contributed by atoms with E-state index < -0.39 is 0 Å². The molecule has 96 valence electrons. The Morgan fingerprint density at radius 3 is 2.89 bits per heavy atom. The molecule has 2 heterocycles. The fraction of sp³-hybridized carbons (Fsp3) is 0.333. The second-order valence-corrected chi connectivity index (χ2v) is 4.19. The summed E-state index contributed by atoms with van der Waals surface area (Å²) >= 11 is 0. The van der Waals surface area contributed by atoms with Crippen LogP contribution in [0.5, 0.6) is 5.88 Å². The van der Waals surface area contributed by atoms with Crippen molar-refractivity contribution in [3.05, 3.63) is 30.1 Å². The average Bonchev–Trinajstić information content (AvgIpc) is 2.82. The van der Waals surface area contributed by atoms with Gasteiger partial charge in [-0.2, -0.15) is 10.1 Å². The van der Waals surface area contributed by atoms with Crippen molar-refractivity contribution in [2.24, 2.45) is 0 Å². The fourth-order valence-corrected chi connectivity index (χ4v) is 1.44. The summed E-state index contributed by atoms with van der Waals surface area (Å²) < 4.78 is 5.53. The largest absolute Gasteiger partial charge is 0.473 e. The lowest BCUT2D eigenvalue weighted by molar-refractivity contribution is 0.234. The first-order chi connectivity index (χ1) is 8.65. The van der Waals surface area contributed by atoms with Gasteiger partial charge in [0.05, 0.1) is 24.0 Å². The van der Waals surface area contributed by atoms with Crippen molar-refractivity contribution in [2.45, 2.75) is 26.5 Å². The van der Waals surface area contributed by atoms with Gasteiger partial charge in [-0.25, -0.2) is 0 Å². The van der Waals surface area contributed by atoms with Crippen LogP contribution in [0.3, 0.4) is 0 Å². The predicted octanol–water partition coefficient (Wildman–Crippen LogP) is 1.79. The molecule has 0 bridgehead atoms. The van der Waals surface area contributed by atoms with Crippen molar-refractivity contribution in [2.75, 3.05) is 11.1 Å². The Morgan fingerprint density at radius 1 is 1.39 bits per heavy atom. The average molecular weight is 247 g/mol. The number of aromatic nitrogens is 3. The Hall–Kier alpha value is -2.24. The normalized spacial score (nSPS) is 10.6. The molecule has 0 spiro atoms. The van der Waals surface area contributed by atoms with Crippen LogP contribution >= 0.6 is 0 Å². The van der Waals surface area contributed by atoms with Crippen LogP contribution in [0.15, 0.2) is 24.4 Å². The molecule has 0 atom stereocenters. The lowest BCUT2D eigenvalue weighted by Crippen LogP contribution is -2.10. The molecule has 0 fully saturated rings. The number of hydrogen-bond acceptors (Lipinski definition) is 5. The number of nitrogens with one attached hydrogen (secondary N) is 2. The van der Waals surface area contributed by atoms with Gasteiger partial charge < -0.3 is 15.8 Å². The zero-order valence-corrected chi connectivity index (χ0v) is 10.5. The van der Waals surface area contributed by atoms with E-state index in [2.05, 4.69) is 20.5 Å². The number of rotatable bonds is 5. The van der Waals surface area contributed by atoms with Gasteiger partial charge in [0.25, 0.3) is 0 Å². The maximum absolute atomic E-state index is 5.80. The monoisotopic (exact) mass is 247 g/mol. The van der Waals surface area contributed by atoms with Crippen LogP contribution in [0.25, 0.3) is 0 Å². The molecule has 0 aliphatic carbocycles. The topological polar surface area (TPSA) is 88.8 Å². The minimum atomic E-state index is 0.0441. The molecular formula is C12H17N5O. The van der Waals surface area contributed by atoms with Gasteiger partial charge in [0, 0.05) is 6.20 Å². The van der Waals surface area contributed by atoms with Crippen LogP contribution in [0.1, 0.15) is 19.5 Å². The van der Waals surface area contributed by atoms with Gasteiger partial charge in [0.2, 0.25) is 5.88 Å². The summed E-state index contributed by atoms with van der Waals surface area (Å²) in [5.74, 6) is 1.18. The van der Waals surface area contributed by atoms with Gasteiger partial charge in [-0.05, 0) is 32.0 Å². The summed E-state index contributed by atoms with van der Waals surface area (Å²) in [5.41, 5.74) is 7.32. The zero-order chi connectivity index (χ0) is 13.0. The molecule has 0 aromatic carbocycles. The lowest BCUT2D eigenvalue weighted by Gasteiger charge is -2.12. The van der Waals surface area contributed by atoms with Gasteiger partial charge in [0.15, 0.2) is 0 Å². The molecule has 4 N–H and O–H groups in total. The van der Waals surface area contributed by atoms with Crippen LogP contribution in [0, 0.1) is 0 Å². The highest BCUT2D eigenvalue weighted by Crippen LogP contribution is 2.22. The highest BCUT2D eigenvalue weighted by Gasteiger charge is 2.06. The van der Waals surface area contributed by atoms with Crippen molar-refractivity contribution in [3.63, 3.8) is 0 Å². The number of hydrogen-bond donors (Lipinski definition) is 3. The van der Waals surface area contributed by atoms with Gasteiger partial charge >= 0.3 is 0 Å². The van der Waals surface area contributed by atoms with Crippen LogP contribution in [0.2, 0.25) is 0 Å². The maximum Gasteiger partial charge on any atom is 0.239 e. The summed E-state index contributed by atoms with van der Waals surface area (Å²) in [6, 6.07) is 5.49. The minimum absolute atomic E-state index is 0.0441. The number of anilines is 2. The third-order valence-electron chi connectivity index (χ3n) is 2.26. The van der Waals surface area contributed by atoms with Crippen molar-refractivity contribution in [1.82, 2.24) is 15.2 Å². The Balaban J connectivity index is 2.04. The van der Waals surface area contributed by atoms with E-state index in [1.165, 1.54) is 0 Å². The third kappa shape index (κ3) is 3.13. The molecule has 0 aliphatic rings. The summed E-state index contributed by atoms with van der Waals surface area (Å²) in [6.45, 7) is 4.50. The van der Waals surface area contributed by atoms with E-state index in [1.54, 1.807) is 12.3 Å². The molecule has 2 rings (SSSR count). The molecule has 0 radical (unpaired) electrons. The van der Waals surface area contributed by atoms with E-state index in [9.17, 15) is 0 Å². The molecule has 0 saturated heterocycles. The van der Waals surface area contributed by atoms with Crippen LogP contribution < -0.4 is 15.8 Å². The number of pyridine rings is 1. The summed E-state index contributed by atoms with van der Waals surface area (Å²) in [7, 11) is 0. The van der Waals surface area contributed by atoms with Gasteiger partial charge in [0.1, 0.15) is 5.82 Å². The zero-order valence-electron chi connectivity index (χ0n) is 10.5. The van der Waals surface area contributed by atoms with E-state index in [0.717, 1.165) is 11.5 Å². The lowest BCUT2D eigenvalue weighted by atomic mass is 10.3. The SMILES string of the molecule is CC(C)Oc1nc(NCc2ccn[nH]2)ccc1N. The van der Waals surface area contributed by atoms with Crippen molar-refractivity contribution in [3.8, 4) is 5.88 Å². The first-order valence-electron chi connectivity index (χ1n) is 5.80. The molecule has 0 unspecified atom stereocenters. The number of H-pyrrole nitrogens is 1. The van der Waals surface area contributed by atoms with Gasteiger partial charge in [-0.15, -0.1) is 0 Å². The van der Waals surface area contributed by atoms with E-state index in [1.807, 2.05) is 26.0 Å². The smallest absolute Gasteiger partial charge is 0.239 e. The van der Waals surface area contributed by atoms with Gasteiger partial charge in [-0.1, -0.05) is 0 Å². The second kappa shape index (κ2) is 5.39. The standard InChI is InChI=1S/C12H17N5O/c1-8(2)18-12-10(13)3-4-11(16-12)14-7-9-5-6-15-17-9/h3-6,8H,7,13H2,1-2H3,(H,14,16)(H,15,17). The number of aromatic amines is 1. The minimum Gasteiger partial charge on any atom is -0.473 e. The molecule has 0 aliphatic heterocycles. The molecule has 2 aromatic heterocycles. The molecular weight excluding hydrogens is 230 g/mol. The number of ether oxygens (including phenoxy) is 1. The maximum atomic E-state index is 5.80. The molecule has 6 nitrogen and oxygen atoms in total. The van der Waals surface area contributed by atoms with Gasteiger partial charge in [-0.3, -0.25) is 5.10 Å². The number of nitrogen functional groups attached to an aromatic ring is 1. The summed E-state index contributed by atoms with van der Waals surface area (Å²) in [5, 5.41) is 9.91. The predicted molar refractivity (Wildman–Crippen MR) is 70.3 cm³/mol. The first-order valence-corrected chi connectivity index (χ1v) is 5.80. The summed E-state index contributed by atoms with van der Waals surface area (Å²) in [4.78, 5) is 4.32.